The Bertz CT molecular complexity index is 458. The Morgan fingerprint density at radius 2 is 2.00 bits per heavy atom. The minimum atomic E-state index is -0.384. The van der Waals surface area contributed by atoms with Gasteiger partial charge in [0, 0.05) is 6.08 Å². The second-order valence-electron chi connectivity index (χ2n) is 3.95. The summed E-state index contributed by atoms with van der Waals surface area (Å²) in [7, 11) is 1.34. The molecule has 0 saturated carbocycles. The summed E-state index contributed by atoms with van der Waals surface area (Å²) in [6, 6.07) is 7.33. The summed E-state index contributed by atoms with van der Waals surface area (Å²) < 4.78 is 9.98. The molecule has 4 nitrogen and oxygen atoms in total. The van der Waals surface area contributed by atoms with Crippen LogP contribution in [0, 0.1) is 0 Å². The number of methoxy groups -OCH3 is 1. The van der Waals surface area contributed by atoms with Gasteiger partial charge >= 0.3 is 5.97 Å². The summed E-state index contributed by atoms with van der Waals surface area (Å²) in [5, 5.41) is 8.82. The highest BCUT2D eigenvalue weighted by Crippen LogP contribution is 2.13. The molecular formula is C15H18O4. The number of hydrogen-bond acceptors (Lipinski definition) is 4. The highest BCUT2D eigenvalue weighted by Gasteiger charge is 1.95. The van der Waals surface area contributed by atoms with E-state index in [1.807, 2.05) is 37.3 Å². The van der Waals surface area contributed by atoms with Crippen LogP contribution >= 0.6 is 0 Å². The molecule has 0 aliphatic carbocycles. The van der Waals surface area contributed by atoms with Crippen molar-refractivity contribution in [1.29, 1.82) is 0 Å². The first-order valence-electron chi connectivity index (χ1n) is 5.91. The quantitative estimate of drug-likeness (QED) is 0.485. The summed E-state index contributed by atoms with van der Waals surface area (Å²) in [6.07, 6.45) is 4.86. The lowest BCUT2D eigenvalue weighted by Crippen LogP contribution is -1.96. The van der Waals surface area contributed by atoms with Gasteiger partial charge < -0.3 is 14.6 Å². The lowest BCUT2D eigenvalue weighted by atomic mass is 10.2. The van der Waals surface area contributed by atoms with Crippen LogP contribution < -0.4 is 4.74 Å². The van der Waals surface area contributed by atoms with Crippen molar-refractivity contribution in [2.45, 2.75) is 6.92 Å². The lowest BCUT2D eigenvalue weighted by Gasteiger charge is -2.04. The molecule has 0 fully saturated rings. The number of rotatable bonds is 6. The van der Waals surface area contributed by atoms with Crippen LogP contribution in [0.25, 0.3) is 6.08 Å². The van der Waals surface area contributed by atoms with E-state index in [0.717, 1.165) is 16.9 Å². The second kappa shape index (κ2) is 8.11. The molecule has 102 valence electrons. The van der Waals surface area contributed by atoms with Gasteiger partial charge in [-0.15, -0.1) is 0 Å². The molecule has 0 aromatic heterocycles. The van der Waals surface area contributed by atoms with Gasteiger partial charge in [-0.2, -0.15) is 0 Å². The van der Waals surface area contributed by atoms with Gasteiger partial charge in [0.15, 0.2) is 0 Å². The van der Waals surface area contributed by atoms with Crippen LogP contribution in [0.5, 0.6) is 5.75 Å². The normalized spacial score (nSPS) is 11.6. The largest absolute Gasteiger partial charge is 0.490 e. The van der Waals surface area contributed by atoms with Gasteiger partial charge in [-0.3, -0.25) is 0 Å². The van der Waals surface area contributed by atoms with Crippen molar-refractivity contribution in [2.24, 2.45) is 0 Å². The van der Waals surface area contributed by atoms with Crippen molar-refractivity contribution < 1.29 is 19.4 Å². The third-order valence-corrected chi connectivity index (χ3v) is 2.42. The van der Waals surface area contributed by atoms with Crippen molar-refractivity contribution in [2.75, 3.05) is 20.3 Å². The molecule has 0 radical (unpaired) electrons. The van der Waals surface area contributed by atoms with Crippen LogP contribution in [0.4, 0.5) is 0 Å². The number of esters is 1. The molecule has 0 heterocycles. The molecule has 1 aromatic carbocycles. The number of aliphatic hydroxyl groups is 1. The van der Waals surface area contributed by atoms with Gasteiger partial charge in [0.25, 0.3) is 0 Å². The maximum absolute atomic E-state index is 10.9. The summed E-state index contributed by atoms with van der Waals surface area (Å²) in [5.41, 5.74) is 1.76. The van der Waals surface area contributed by atoms with E-state index >= 15 is 0 Å². The number of aliphatic hydroxyl groups excluding tert-OH is 1. The van der Waals surface area contributed by atoms with E-state index < -0.39 is 0 Å². The minimum Gasteiger partial charge on any atom is -0.490 e. The first kappa shape index (κ1) is 15.0. The van der Waals surface area contributed by atoms with Crippen molar-refractivity contribution in [3.63, 3.8) is 0 Å². The number of benzene rings is 1. The van der Waals surface area contributed by atoms with E-state index in [1.165, 1.54) is 13.2 Å². The Morgan fingerprint density at radius 3 is 2.58 bits per heavy atom. The Balaban J connectivity index is 2.52. The first-order valence-corrected chi connectivity index (χ1v) is 5.91. The molecule has 0 bridgehead atoms. The predicted molar refractivity (Wildman–Crippen MR) is 73.8 cm³/mol. The minimum absolute atomic E-state index is 0.0423. The molecule has 0 aliphatic heterocycles. The summed E-state index contributed by atoms with van der Waals surface area (Å²) in [5.74, 6) is 0.349. The summed E-state index contributed by atoms with van der Waals surface area (Å²) in [6.45, 7) is 2.30. The van der Waals surface area contributed by atoms with Crippen LogP contribution in [0.2, 0.25) is 0 Å². The van der Waals surface area contributed by atoms with Gasteiger partial charge in [-0.1, -0.05) is 12.1 Å². The fourth-order valence-corrected chi connectivity index (χ4v) is 1.25. The van der Waals surface area contributed by atoms with E-state index in [4.69, 9.17) is 9.84 Å². The second-order valence-corrected chi connectivity index (χ2v) is 3.95. The monoisotopic (exact) mass is 262 g/mol. The van der Waals surface area contributed by atoms with Gasteiger partial charge in [0.2, 0.25) is 0 Å². The van der Waals surface area contributed by atoms with E-state index in [1.54, 1.807) is 6.08 Å². The topological polar surface area (TPSA) is 55.8 Å². The van der Waals surface area contributed by atoms with Gasteiger partial charge in [-0.05, 0) is 42.3 Å². The SMILES string of the molecule is COC(=O)/C=C/c1ccc(OC/C=C(\C)CO)cc1. The highest BCUT2D eigenvalue weighted by molar-refractivity contribution is 5.86. The number of carbonyl (C=O) groups excluding carboxylic acids is 1. The van der Waals surface area contributed by atoms with Crippen LogP contribution in [-0.4, -0.2) is 31.4 Å². The molecule has 0 atom stereocenters. The lowest BCUT2D eigenvalue weighted by molar-refractivity contribution is -0.134. The Kier molecular flexibility index (Phi) is 6.39. The van der Waals surface area contributed by atoms with Gasteiger partial charge in [0.1, 0.15) is 12.4 Å². The number of carbonyl (C=O) groups is 1. The first-order chi connectivity index (χ1) is 9.15. The van der Waals surface area contributed by atoms with E-state index in [0.29, 0.717) is 6.61 Å². The maximum atomic E-state index is 10.9. The third-order valence-electron chi connectivity index (χ3n) is 2.42. The number of ether oxygens (including phenoxy) is 2. The molecule has 0 spiro atoms. The van der Waals surface area contributed by atoms with E-state index in [2.05, 4.69) is 4.74 Å². The summed E-state index contributed by atoms with van der Waals surface area (Å²) in [4.78, 5) is 10.9. The molecule has 0 unspecified atom stereocenters. The maximum Gasteiger partial charge on any atom is 0.330 e. The molecule has 1 aromatic rings. The van der Waals surface area contributed by atoms with Gasteiger partial charge in [-0.25, -0.2) is 4.79 Å². The molecule has 0 aliphatic rings. The molecule has 1 rings (SSSR count). The highest BCUT2D eigenvalue weighted by atomic mass is 16.5. The Morgan fingerprint density at radius 1 is 1.32 bits per heavy atom. The Labute approximate surface area is 113 Å². The van der Waals surface area contributed by atoms with Crippen LogP contribution in [0.15, 0.2) is 42.0 Å². The zero-order chi connectivity index (χ0) is 14.1. The zero-order valence-corrected chi connectivity index (χ0v) is 11.1. The third kappa shape index (κ3) is 5.88. The van der Waals surface area contributed by atoms with Crippen molar-refractivity contribution >= 4 is 12.0 Å². The smallest absolute Gasteiger partial charge is 0.330 e. The fourth-order valence-electron chi connectivity index (χ4n) is 1.25. The molecule has 0 saturated heterocycles. The van der Waals surface area contributed by atoms with Crippen molar-refractivity contribution in [3.05, 3.63) is 47.6 Å². The van der Waals surface area contributed by atoms with Crippen molar-refractivity contribution in [1.82, 2.24) is 0 Å². The van der Waals surface area contributed by atoms with Crippen LogP contribution in [0.1, 0.15) is 12.5 Å². The average Bonchev–Trinajstić information content (AvgIpc) is 2.45. The van der Waals surface area contributed by atoms with Crippen LogP contribution in [-0.2, 0) is 9.53 Å². The fraction of sp³-hybridized carbons (Fsp3) is 0.267. The van der Waals surface area contributed by atoms with Crippen molar-refractivity contribution in [3.8, 4) is 5.75 Å². The predicted octanol–water partition coefficient (Wildman–Crippen LogP) is 2.19. The van der Waals surface area contributed by atoms with Crippen LogP contribution in [0.3, 0.4) is 0 Å². The zero-order valence-electron chi connectivity index (χ0n) is 11.1. The number of hydrogen-bond donors (Lipinski definition) is 1. The molecule has 19 heavy (non-hydrogen) atoms. The standard InChI is InChI=1S/C15H18O4/c1-12(11-16)9-10-19-14-6-3-13(4-7-14)5-8-15(17)18-2/h3-9,16H,10-11H2,1-2H3/b8-5+,12-9+. The van der Waals surface area contributed by atoms with E-state index in [9.17, 15) is 4.79 Å². The van der Waals surface area contributed by atoms with E-state index in [-0.39, 0.29) is 12.6 Å². The molecular weight excluding hydrogens is 244 g/mol. The average molecular weight is 262 g/mol. The Hall–Kier alpha value is -2.07. The summed E-state index contributed by atoms with van der Waals surface area (Å²) >= 11 is 0. The molecule has 1 N–H and O–H groups in total. The molecule has 4 heteroatoms. The van der Waals surface area contributed by atoms with Gasteiger partial charge in [0.05, 0.1) is 13.7 Å². The molecule has 0 amide bonds.